The molecule has 2 N–H and O–H groups in total. The van der Waals surface area contributed by atoms with Crippen molar-refractivity contribution in [2.24, 2.45) is 5.73 Å². The summed E-state index contributed by atoms with van der Waals surface area (Å²) in [5.41, 5.74) is 8.98. The fourth-order valence-corrected chi connectivity index (χ4v) is 3.06. The first-order valence-corrected chi connectivity index (χ1v) is 6.13. The van der Waals surface area contributed by atoms with Gasteiger partial charge in [0, 0.05) is 11.0 Å². The van der Waals surface area contributed by atoms with E-state index in [0.29, 0.717) is 6.54 Å². The first kappa shape index (κ1) is 11.6. The van der Waals surface area contributed by atoms with Crippen LogP contribution in [0, 0.1) is 13.8 Å². The van der Waals surface area contributed by atoms with Gasteiger partial charge in [0.1, 0.15) is 0 Å². The lowest BCUT2D eigenvalue weighted by Gasteiger charge is -2.21. The second-order valence-electron chi connectivity index (χ2n) is 4.30. The molecule has 1 atom stereocenters. The molecule has 0 bridgehead atoms. The maximum atomic E-state index is 11.9. The van der Waals surface area contributed by atoms with Gasteiger partial charge in [0.05, 0.1) is 11.7 Å². The molecular formula is C12H15BrN2O. The van der Waals surface area contributed by atoms with Crippen molar-refractivity contribution in [2.75, 3.05) is 11.4 Å². The van der Waals surface area contributed by atoms with Crippen LogP contribution >= 0.6 is 15.9 Å². The standard InChI is InChI=1S/C12H15BrN2O/c1-7-5-8(2)11(9(13)6-7)15-4-3-10(14)12(15)16/h5-6,10H,3-4,14H2,1-2H3. The van der Waals surface area contributed by atoms with E-state index in [1.165, 1.54) is 5.56 Å². The molecule has 86 valence electrons. The van der Waals surface area contributed by atoms with Gasteiger partial charge in [0.25, 0.3) is 0 Å². The number of hydrogen-bond acceptors (Lipinski definition) is 2. The van der Waals surface area contributed by atoms with Crippen molar-refractivity contribution in [1.82, 2.24) is 0 Å². The number of amides is 1. The molecule has 4 heteroatoms. The number of nitrogens with zero attached hydrogens (tertiary/aromatic N) is 1. The van der Waals surface area contributed by atoms with Crippen molar-refractivity contribution >= 4 is 27.5 Å². The maximum Gasteiger partial charge on any atom is 0.244 e. The van der Waals surface area contributed by atoms with E-state index >= 15 is 0 Å². The summed E-state index contributed by atoms with van der Waals surface area (Å²) < 4.78 is 0.965. The number of carbonyl (C=O) groups excluding carboxylic acids is 1. The molecule has 0 spiro atoms. The molecule has 1 aromatic carbocycles. The number of nitrogens with two attached hydrogens (primary N) is 1. The molecular weight excluding hydrogens is 268 g/mol. The van der Waals surface area contributed by atoms with Crippen LogP contribution in [0.15, 0.2) is 16.6 Å². The highest BCUT2D eigenvalue weighted by Gasteiger charge is 2.31. The van der Waals surface area contributed by atoms with E-state index in [0.717, 1.165) is 22.1 Å². The Balaban J connectivity index is 2.45. The molecule has 1 aromatic rings. The normalized spacial score (nSPS) is 20.6. The van der Waals surface area contributed by atoms with Gasteiger partial charge in [-0.05, 0) is 53.4 Å². The van der Waals surface area contributed by atoms with Gasteiger partial charge in [-0.25, -0.2) is 0 Å². The highest BCUT2D eigenvalue weighted by Crippen LogP contribution is 2.33. The van der Waals surface area contributed by atoms with Crippen LogP contribution in [-0.4, -0.2) is 18.5 Å². The number of benzene rings is 1. The van der Waals surface area contributed by atoms with Crippen LogP contribution in [0.2, 0.25) is 0 Å². The summed E-state index contributed by atoms with van der Waals surface area (Å²) in [6.45, 7) is 4.77. The van der Waals surface area contributed by atoms with Gasteiger partial charge in [0.15, 0.2) is 0 Å². The lowest BCUT2D eigenvalue weighted by molar-refractivity contribution is -0.118. The van der Waals surface area contributed by atoms with E-state index in [1.807, 2.05) is 19.9 Å². The topological polar surface area (TPSA) is 46.3 Å². The zero-order valence-electron chi connectivity index (χ0n) is 9.46. The van der Waals surface area contributed by atoms with Crippen LogP contribution in [0.4, 0.5) is 5.69 Å². The lowest BCUT2D eigenvalue weighted by atomic mass is 10.1. The van der Waals surface area contributed by atoms with Crippen LogP contribution in [-0.2, 0) is 4.79 Å². The molecule has 1 aliphatic heterocycles. The molecule has 1 fully saturated rings. The van der Waals surface area contributed by atoms with E-state index in [2.05, 4.69) is 22.0 Å². The zero-order valence-corrected chi connectivity index (χ0v) is 11.0. The van der Waals surface area contributed by atoms with Gasteiger partial charge in [-0.15, -0.1) is 0 Å². The Hall–Kier alpha value is -0.870. The van der Waals surface area contributed by atoms with Crippen LogP contribution in [0.5, 0.6) is 0 Å². The number of halogens is 1. The second-order valence-corrected chi connectivity index (χ2v) is 5.15. The van der Waals surface area contributed by atoms with Gasteiger partial charge in [-0.2, -0.15) is 0 Å². The van der Waals surface area contributed by atoms with Crippen molar-refractivity contribution in [3.8, 4) is 0 Å². The Morgan fingerprint density at radius 2 is 2.12 bits per heavy atom. The fourth-order valence-electron chi connectivity index (χ4n) is 2.17. The summed E-state index contributed by atoms with van der Waals surface area (Å²) >= 11 is 3.52. The molecule has 2 rings (SSSR count). The summed E-state index contributed by atoms with van der Waals surface area (Å²) in [7, 11) is 0. The summed E-state index contributed by atoms with van der Waals surface area (Å²) in [5.74, 6) is 0.0210. The Kier molecular flexibility index (Phi) is 3.04. The summed E-state index contributed by atoms with van der Waals surface area (Å²) in [4.78, 5) is 13.7. The average molecular weight is 283 g/mol. The van der Waals surface area contributed by atoms with Crippen molar-refractivity contribution in [3.05, 3.63) is 27.7 Å². The first-order chi connectivity index (χ1) is 7.50. The minimum atomic E-state index is -0.340. The van der Waals surface area contributed by atoms with Crippen LogP contribution in [0.25, 0.3) is 0 Å². The number of anilines is 1. The van der Waals surface area contributed by atoms with E-state index in [1.54, 1.807) is 4.90 Å². The van der Waals surface area contributed by atoms with Gasteiger partial charge >= 0.3 is 0 Å². The van der Waals surface area contributed by atoms with Crippen LogP contribution < -0.4 is 10.6 Å². The van der Waals surface area contributed by atoms with Crippen molar-refractivity contribution in [1.29, 1.82) is 0 Å². The predicted molar refractivity (Wildman–Crippen MR) is 68.6 cm³/mol. The fraction of sp³-hybridized carbons (Fsp3) is 0.417. The largest absolute Gasteiger partial charge is 0.320 e. The summed E-state index contributed by atoms with van der Waals surface area (Å²) in [6.07, 6.45) is 0.735. The van der Waals surface area contributed by atoms with E-state index in [4.69, 9.17) is 5.73 Å². The first-order valence-electron chi connectivity index (χ1n) is 5.34. The van der Waals surface area contributed by atoms with Crippen LogP contribution in [0.1, 0.15) is 17.5 Å². The third-order valence-corrected chi connectivity index (χ3v) is 3.52. The molecule has 3 nitrogen and oxygen atoms in total. The highest BCUT2D eigenvalue weighted by molar-refractivity contribution is 9.10. The van der Waals surface area contributed by atoms with Crippen molar-refractivity contribution < 1.29 is 4.79 Å². The quantitative estimate of drug-likeness (QED) is 0.858. The molecule has 1 heterocycles. The predicted octanol–water partition coefficient (Wildman–Crippen LogP) is 2.13. The number of hydrogen-bond donors (Lipinski definition) is 1. The average Bonchev–Trinajstić information content (AvgIpc) is 2.48. The molecule has 0 radical (unpaired) electrons. The van der Waals surface area contributed by atoms with Gasteiger partial charge in [-0.3, -0.25) is 4.79 Å². The van der Waals surface area contributed by atoms with Crippen molar-refractivity contribution in [3.63, 3.8) is 0 Å². The monoisotopic (exact) mass is 282 g/mol. The number of aryl methyl sites for hydroxylation is 2. The molecule has 0 aliphatic carbocycles. The highest BCUT2D eigenvalue weighted by atomic mass is 79.9. The summed E-state index contributed by atoms with van der Waals surface area (Å²) in [5, 5.41) is 0. The van der Waals surface area contributed by atoms with Gasteiger partial charge < -0.3 is 10.6 Å². The van der Waals surface area contributed by atoms with Gasteiger partial charge in [0.2, 0.25) is 5.91 Å². The zero-order chi connectivity index (χ0) is 11.9. The minimum absolute atomic E-state index is 0.0210. The molecule has 1 saturated heterocycles. The molecule has 1 amide bonds. The molecule has 1 aliphatic rings. The lowest BCUT2D eigenvalue weighted by Crippen LogP contribution is -2.34. The van der Waals surface area contributed by atoms with Crippen molar-refractivity contribution in [2.45, 2.75) is 26.3 Å². The van der Waals surface area contributed by atoms with Gasteiger partial charge in [-0.1, -0.05) is 6.07 Å². The maximum absolute atomic E-state index is 11.9. The van der Waals surface area contributed by atoms with E-state index in [9.17, 15) is 4.79 Å². The third kappa shape index (κ3) is 1.87. The van der Waals surface area contributed by atoms with Crippen LogP contribution in [0.3, 0.4) is 0 Å². The Labute approximate surface area is 104 Å². The summed E-state index contributed by atoms with van der Waals surface area (Å²) in [6, 6.07) is 3.77. The van der Waals surface area contributed by atoms with E-state index < -0.39 is 0 Å². The Morgan fingerprint density at radius 1 is 1.44 bits per heavy atom. The minimum Gasteiger partial charge on any atom is -0.320 e. The second kappa shape index (κ2) is 4.18. The molecule has 1 unspecified atom stereocenters. The Morgan fingerprint density at radius 3 is 2.62 bits per heavy atom. The molecule has 16 heavy (non-hydrogen) atoms. The smallest absolute Gasteiger partial charge is 0.244 e. The van der Waals surface area contributed by atoms with E-state index in [-0.39, 0.29) is 11.9 Å². The molecule has 0 saturated carbocycles. The number of carbonyl (C=O) groups is 1. The number of rotatable bonds is 1. The third-order valence-electron chi connectivity index (χ3n) is 2.92. The Bertz CT molecular complexity index is 422. The SMILES string of the molecule is Cc1cc(C)c(N2CCC(N)C2=O)c(Br)c1. The molecule has 0 aromatic heterocycles.